The lowest BCUT2D eigenvalue weighted by atomic mass is 10.0. The molecule has 2 aromatic carbocycles. The van der Waals surface area contributed by atoms with Gasteiger partial charge in [-0.2, -0.15) is 0 Å². The number of rotatable bonds is 8. The maximum absolute atomic E-state index is 12.8. The van der Waals surface area contributed by atoms with Crippen molar-refractivity contribution in [3.8, 4) is 17.2 Å². The molecule has 2 atom stereocenters. The first-order chi connectivity index (χ1) is 18.5. The molecule has 9 nitrogen and oxygen atoms in total. The van der Waals surface area contributed by atoms with Gasteiger partial charge < -0.3 is 29.7 Å². The Morgan fingerprint density at radius 3 is 2.55 bits per heavy atom. The molecule has 2 N–H and O–H groups in total. The summed E-state index contributed by atoms with van der Waals surface area (Å²) in [7, 11) is 1.69. The molecule has 10 heteroatoms. The Bertz CT molecular complexity index is 1260. The third-order valence-electron chi connectivity index (χ3n) is 6.90. The molecule has 2 aliphatic rings. The quantitative estimate of drug-likeness (QED) is 0.428. The SMILES string of the molecule is COc1ccccc1N1CCN([C@H](c2cccs2)[C@H](C)NC(=O)C(=O)NCc2ccc3c(c2)OCO3)CC1. The molecule has 5 rings (SSSR count). The lowest BCUT2D eigenvalue weighted by Gasteiger charge is -2.42. The third kappa shape index (κ3) is 5.71. The van der Waals surface area contributed by atoms with Crippen LogP contribution in [0, 0.1) is 0 Å². The van der Waals surface area contributed by atoms with Crippen molar-refractivity contribution in [1.29, 1.82) is 0 Å². The number of carbonyl (C=O) groups excluding carboxylic acids is 2. The molecule has 1 saturated heterocycles. The van der Waals surface area contributed by atoms with Crippen LogP contribution in [0.2, 0.25) is 0 Å². The molecule has 0 unspecified atom stereocenters. The van der Waals surface area contributed by atoms with E-state index in [1.165, 1.54) is 0 Å². The zero-order valence-electron chi connectivity index (χ0n) is 21.5. The van der Waals surface area contributed by atoms with E-state index < -0.39 is 11.8 Å². The first-order valence-corrected chi connectivity index (χ1v) is 13.5. The second-order valence-corrected chi connectivity index (χ2v) is 10.3. The van der Waals surface area contributed by atoms with Gasteiger partial charge in [-0.25, -0.2) is 0 Å². The van der Waals surface area contributed by atoms with Gasteiger partial charge in [-0.15, -0.1) is 11.3 Å². The fourth-order valence-corrected chi connectivity index (χ4v) is 5.96. The average molecular weight is 537 g/mol. The molecule has 3 heterocycles. The summed E-state index contributed by atoms with van der Waals surface area (Å²) in [5.74, 6) is 0.866. The van der Waals surface area contributed by atoms with Gasteiger partial charge in [0.05, 0.1) is 18.8 Å². The van der Waals surface area contributed by atoms with Crippen LogP contribution >= 0.6 is 11.3 Å². The second kappa shape index (κ2) is 11.7. The normalized spacial score (nSPS) is 16.5. The number of ether oxygens (including phenoxy) is 3. The van der Waals surface area contributed by atoms with Gasteiger partial charge in [0.25, 0.3) is 0 Å². The fraction of sp³-hybridized carbons (Fsp3) is 0.357. The molecule has 3 aromatic rings. The monoisotopic (exact) mass is 536 g/mol. The Hall–Kier alpha value is -3.76. The van der Waals surface area contributed by atoms with Crippen LogP contribution in [0.15, 0.2) is 60.0 Å². The number of hydrogen-bond donors (Lipinski definition) is 2. The van der Waals surface area contributed by atoms with Gasteiger partial charge in [-0.05, 0) is 48.2 Å². The lowest BCUT2D eigenvalue weighted by Crippen LogP contribution is -2.53. The third-order valence-corrected chi connectivity index (χ3v) is 7.84. The van der Waals surface area contributed by atoms with Crippen molar-refractivity contribution in [2.24, 2.45) is 0 Å². The van der Waals surface area contributed by atoms with E-state index in [4.69, 9.17) is 14.2 Å². The minimum atomic E-state index is -0.666. The van der Waals surface area contributed by atoms with Crippen molar-refractivity contribution < 1.29 is 23.8 Å². The molecule has 0 spiro atoms. The van der Waals surface area contributed by atoms with E-state index in [1.54, 1.807) is 30.6 Å². The van der Waals surface area contributed by atoms with E-state index in [9.17, 15) is 9.59 Å². The number of fused-ring (bicyclic) bond motifs is 1. The molecule has 200 valence electrons. The number of thiophene rings is 1. The van der Waals surface area contributed by atoms with Crippen molar-refractivity contribution in [3.05, 3.63) is 70.4 Å². The van der Waals surface area contributed by atoms with E-state index in [0.29, 0.717) is 11.5 Å². The molecule has 0 aliphatic carbocycles. The van der Waals surface area contributed by atoms with Crippen molar-refractivity contribution in [1.82, 2.24) is 15.5 Å². The van der Waals surface area contributed by atoms with Crippen LogP contribution in [0.4, 0.5) is 5.69 Å². The molecule has 1 aromatic heterocycles. The average Bonchev–Trinajstić information content (AvgIpc) is 3.64. The number of hydrogen-bond acceptors (Lipinski definition) is 8. The molecular weight excluding hydrogens is 504 g/mol. The molecule has 1 fully saturated rings. The number of carbonyl (C=O) groups is 2. The lowest BCUT2D eigenvalue weighted by molar-refractivity contribution is -0.140. The zero-order chi connectivity index (χ0) is 26.5. The molecular formula is C28H32N4O5S. The number of nitrogens with one attached hydrogen (secondary N) is 2. The van der Waals surface area contributed by atoms with Crippen LogP contribution < -0.4 is 29.7 Å². The highest BCUT2D eigenvalue weighted by Gasteiger charge is 2.32. The summed E-state index contributed by atoms with van der Waals surface area (Å²) in [5, 5.41) is 7.69. The summed E-state index contributed by atoms with van der Waals surface area (Å²) >= 11 is 1.66. The summed E-state index contributed by atoms with van der Waals surface area (Å²) < 4.78 is 16.3. The maximum Gasteiger partial charge on any atom is 0.309 e. The summed E-state index contributed by atoms with van der Waals surface area (Å²) in [6, 6.07) is 17.3. The number of methoxy groups -OCH3 is 1. The van der Waals surface area contributed by atoms with Crippen LogP contribution in [0.1, 0.15) is 23.4 Å². The standard InChI is InChI=1S/C28H32N4O5S/c1-19(30-28(34)27(33)29-17-20-9-10-23-24(16-20)37-18-36-23)26(25-8-5-15-38-25)32-13-11-31(12-14-32)21-6-3-4-7-22(21)35-2/h3-10,15-16,19,26H,11-14,17-18H2,1-2H3,(H,29,33)(H,30,34)/t19-,26-/m0/s1. The van der Waals surface area contributed by atoms with Crippen molar-refractivity contribution in [2.45, 2.75) is 25.6 Å². The van der Waals surface area contributed by atoms with E-state index in [2.05, 4.69) is 32.6 Å². The smallest absolute Gasteiger partial charge is 0.309 e. The minimum Gasteiger partial charge on any atom is -0.495 e. The molecule has 2 amide bonds. The number of anilines is 1. The summed E-state index contributed by atoms with van der Waals surface area (Å²) in [5.41, 5.74) is 1.91. The summed E-state index contributed by atoms with van der Waals surface area (Å²) in [4.78, 5) is 31.3. The molecule has 0 saturated carbocycles. The number of amides is 2. The van der Waals surface area contributed by atoms with Gasteiger partial charge >= 0.3 is 11.8 Å². The van der Waals surface area contributed by atoms with Gasteiger partial charge in [-0.1, -0.05) is 24.3 Å². The van der Waals surface area contributed by atoms with Crippen LogP contribution in [-0.4, -0.2) is 62.8 Å². The van der Waals surface area contributed by atoms with Crippen LogP contribution in [-0.2, 0) is 16.1 Å². The van der Waals surface area contributed by atoms with Gasteiger partial charge in [0, 0.05) is 43.6 Å². The van der Waals surface area contributed by atoms with Crippen molar-refractivity contribution in [3.63, 3.8) is 0 Å². The topological polar surface area (TPSA) is 92.4 Å². The second-order valence-electron chi connectivity index (χ2n) is 9.29. The molecule has 2 aliphatic heterocycles. The Balaban J connectivity index is 1.19. The largest absolute Gasteiger partial charge is 0.495 e. The summed E-state index contributed by atoms with van der Waals surface area (Å²) in [6.07, 6.45) is 0. The number of benzene rings is 2. The van der Waals surface area contributed by atoms with E-state index in [-0.39, 0.29) is 25.4 Å². The first kappa shape index (κ1) is 25.9. The molecule has 0 bridgehead atoms. The highest BCUT2D eigenvalue weighted by molar-refractivity contribution is 7.10. The predicted octanol–water partition coefficient (Wildman–Crippen LogP) is 3.17. The Morgan fingerprint density at radius 2 is 1.79 bits per heavy atom. The fourth-order valence-electron chi connectivity index (χ4n) is 5.00. The summed E-state index contributed by atoms with van der Waals surface area (Å²) in [6.45, 7) is 5.66. The van der Waals surface area contributed by atoms with E-state index in [0.717, 1.165) is 48.1 Å². The van der Waals surface area contributed by atoms with Crippen molar-refractivity contribution in [2.75, 3.05) is 45.0 Å². The first-order valence-electron chi connectivity index (χ1n) is 12.7. The Kier molecular flexibility index (Phi) is 8.00. The number of para-hydroxylation sites is 2. The van der Waals surface area contributed by atoms with E-state index in [1.807, 2.05) is 42.6 Å². The van der Waals surface area contributed by atoms with Crippen molar-refractivity contribution >= 4 is 28.8 Å². The molecule has 0 radical (unpaired) electrons. The van der Waals surface area contributed by atoms with Gasteiger partial charge in [-0.3, -0.25) is 14.5 Å². The zero-order valence-corrected chi connectivity index (χ0v) is 22.3. The van der Waals surface area contributed by atoms with Crippen LogP contribution in [0.5, 0.6) is 17.2 Å². The highest BCUT2D eigenvalue weighted by Crippen LogP contribution is 2.33. The Morgan fingerprint density at radius 1 is 1.00 bits per heavy atom. The van der Waals surface area contributed by atoms with Crippen LogP contribution in [0.3, 0.4) is 0 Å². The maximum atomic E-state index is 12.8. The number of nitrogens with zero attached hydrogens (tertiary/aromatic N) is 2. The van der Waals surface area contributed by atoms with Gasteiger partial charge in [0.2, 0.25) is 6.79 Å². The highest BCUT2D eigenvalue weighted by atomic mass is 32.1. The predicted molar refractivity (Wildman–Crippen MR) is 146 cm³/mol. The van der Waals surface area contributed by atoms with E-state index >= 15 is 0 Å². The van der Waals surface area contributed by atoms with Crippen LogP contribution in [0.25, 0.3) is 0 Å². The Labute approximate surface area is 226 Å². The molecule has 38 heavy (non-hydrogen) atoms. The van der Waals surface area contributed by atoms with Gasteiger partial charge in [0.15, 0.2) is 11.5 Å². The number of piperazine rings is 1. The van der Waals surface area contributed by atoms with Gasteiger partial charge in [0.1, 0.15) is 5.75 Å². The minimum absolute atomic E-state index is 0.0413.